The number of hydrogen-bond donors (Lipinski definition) is 2. The van der Waals surface area contributed by atoms with Crippen molar-refractivity contribution in [2.45, 2.75) is 12.1 Å². The van der Waals surface area contributed by atoms with Crippen molar-refractivity contribution < 1.29 is 9.18 Å². The molecule has 0 radical (unpaired) electrons. The SMILES string of the molecule is Cc1ccc(-n2c(SCC(=O)Nc3ccc(F)c(Cl)c3)nc3c(=O)[nH]cnc32)cc1. The molecule has 0 saturated heterocycles. The molecule has 0 bridgehead atoms. The van der Waals surface area contributed by atoms with Crippen molar-refractivity contribution in [2.75, 3.05) is 11.1 Å². The number of carbonyl (C=O) groups is 1. The van der Waals surface area contributed by atoms with Gasteiger partial charge in [0.2, 0.25) is 5.91 Å². The number of halogens is 2. The molecule has 2 N–H and O–H groups in total. The van der Waals surface area contributed by atoms with Gasteiger partial charge in [0.15, 0.2) is 16.3 Å². The number of nitrogens with one attached hydrogen (secondary N) is 2. The van der Waals surface area contributed by atoms with Crippen LogP contribution in [0, 0.1) is 12.7 Å². The molecule has 0 atom stereocenters. The summed E-state index contributed by atoms with van der Waals surface area (Å²) in [5, 5.41) is 3.03. The number of rotatable bonds is 5. The fourth-order valence-corrected chi connectivity index (χ4v) is 3.80. The van der Waals surface area contributed by atoms with Crippen LogP contribution in [0.2, 0.25) is 5.02 Å². The van der Waals surface area contributed by atoms with E-state index in [1.807, 2.05) is 31.2 Å². The molecular formula is C20H15ClFN5O2S. The molecule has 2 heterocycles. The number of imidazole rings is 1. The molecule has 7 nitrogen and oxygen atoms in total. The summed E-state index contributed by atoms with van der Waals surface area (Å²) in [7, 11) is 0. The Kier molecular flexibility index (Phi) is 5.56. The normalized spacial score (nSPS) is 11.0. The predicted octanol–water partition coefficient (Wildman–Crippen LogP) is 3.94. The van der Waals surface area contributed by atoms with Crippen molar-refractivity contribution in [3.8, 4) is 5.69 Å². The van der Waals surface area contributed by atoms with E-state index in [4.69, 9.17) is 11.6 Å². The second-order valence-electron chi connectivity index (χ2n) is 6.43. The monoisotopic (exact) mass is 443 g/mol. The number of aromatic nitrogens is 4. The van der Waals surface area contributed by atoms with Gasteiger partial charge in [-0.15, -0.1) is 0 Å². The Labute approximate surface area is 179 Å². The highest BCUT2D eigenvalue weighted by atomic mass is 35.5. The van der Waals surface area contributed by atoms with E-state index in [0.29, 0.717) is 16.5 Å². The minimum Gasteiger partial charge on any atom is -0.325 e. The van der Waals surface area contributed by atoms with Crippen LogP contribution in [-0.2, 0) is 4.79 Å². The molecule has 4 rings (SSSR count). The Morgan fingerprint density at radius 3 is 2.77 bits per heavy atom. The van der Waals surface area contributed by atoms with Crippen LogP contribution >= 0.6 is 23.4 Å². The van der Waals surface area contributed by atoms with E-state index in [1.165, 1.54) is 24.5 Å². The predicted molar refractivity (Wildman–Crippen MR) is 115 cm³/mol. The fourth-order valence-electron chi connectivity index (χ4n) is 2.81. The number of thioether (sulfide) groups is 1. The van der Waals surface area contributed by atoms with Crippen LogP contribution in [0.3, 0.4) is 0 Å². The molecule has 30 heavy (non-hydrogen) atoms. The number of benzene rings is 2. The fraction of sp³-hybridized carbons (Fsp3) is 0.100. The summed E-state index contributed by atoms with van der Waals surface area (Å²) in [5.74, 6) is -0.872. The summed E-state index contributed by atoms with van der Waals surface area (Å²) in [5.41, 5.74) is 2.47. The van der Waals surface area contributed by atoms with Crippen molar-refractivity contribution in [1.29, 1.82) is 0 Å². The third-order valence-electron chi connectivity index (χ3n) is 4.25. The molecule has 0 fully saturated rings. The van der Waals surface area contributed by atoms with Gasteiger partial charge < -0.3 is 10.3 Å². The maximum atomic E-state index is 13.3. The number of aryl methyl sites for hydroxylation is 1. The number of carbonyl (C=O) groups excluding carboxylic acids is 1. The van der Waals surface area contributed by atoms with Gasteiger partial charge in [-0.1, -0.05) is 41.1 Å². The van der Waals surface area contributed by atoms with Gasteiger partial charge in [0.05, 0.1) is 17.1 Å². The third kappa shape index (κ3) is 4.07. The lowest BCUT2D eigenvalue weighted by Crippen LogP contribution is -2.14. The summed E-state index contributed by atoms with van der Waals surface area (Å²) in [6.45, 7) is 1.97. The largest absolute Gasteiger partial charge is 0.325 e. The van der Waals surface area contributed by atoms with Crippen LogP contribution in [0.4, 0.5) is 10.1 Å². The molecule has 0 spiro atoms. The quantitative estimate of drug-likeness (QED) is 0.456. The smallest absolute Gasteiger partial charge is 0.278 e. The van der Waals surface area contributed by atoms with Crippen LogP contribution < -0.4 is 10.9 Å². The van der Waals surface area contributed by atoms with Gasteiger partial charge >= 0.3 is 0 Å². The zero-order chi connectivity index (χ0) is 21.3. The number of amides is 1. The van der Waals surface area contributed by atoms with Crippen molar-refractivity contribution in [3.63, 3.8) is 0 Å². The van der Waals surface area contributed by atoms with E-state index in [9.17, 15) is 14.0 Å². The summed E-state index contributed by atoms with van der Waals surface area (Å²) >= 11 is 6.90. The Balaban J connectivity index is 1.62. The van der Waals surface area contributed by atoms with Gasteiger partial charge in [-0.05, 0) is 37.3 Å². The lowest BCUT2D eigenvalue weighted by atomic mass is 10.2. The van der Waals surface area contributed by atoms with E-state index in [1.54, 1.807) is 4.57 Å². The van der Waals surface area contributed by atoms with Crippen LogP contribution in [0.5, 0.6) is 0 Å². The number of hydrogen-bond acceptors (Lipinski definition) is 5. The van der Waals surface area contributed by atoms with E-state index in [0.717, 1.165) is 23.0 Å². The van der Waals surface area contributed by atoms with Crippen LogP contribution in [-0.4, -0.2) is 31.2 Å². The minimum absolute atomic E-state index is 0.0160. The van der Waals surface area contributed by atoms with Crippen molar-refractivity contribution in [1.82, 2.24) is 19.5 Å². The van der Waals surface area contributed by atoms with Gasteiger partial charge in [-0.2, -0.15) is 0 Å². The zero-order valence-corrected chi connectivity index (χ0v) is 17.2. The van der Waals surface area contributed by atoms with Crippen LogP contribution in [0.25, 0.3) is 16.9 Å². The molecule has 0 aliphatic rings. The van der Waals surface area contributed by atoms with Gasteiger partial charge in [0.1, 0.15) is 5.82 Å². The molecule has 0 aliphatic heterocycles. The molecule has 1 amide bonds. The maximum absolute atomic E-state index is 13.3. The lowest BCUT2D eigenvalue weighted by molar-refractivity contribution is -0.113. The molecule has 0 aliphatic carbocycles. The summed E-state index contributed by atoms with van der Waals surface area (Å²) in [6, 6.07) is 11.6. The lowest BCUT2D eigenvalue weighted by Gasteiger charge is -2.09. The van der Waals surface area contributed by atoms with E-state index in [-0.39, 0.29) is 27.8 Å². The summed E-state index contributed by atoms with van der Waals surface area (Å²) in [6.07, 6.45) is 1.32. The summed E-state index contributed by atoms with van der Waals surface area (Å²) in [4.78, 5) is 35.7. The van der Waals surface area contributed by atoms with Crippen LogP contribution in [0.15, 0.2) is 58.7 Å². The van der Waals surface area contributed by atoms with E-state index in [2.05, 4.69) is 20.3 Å². The van der Waals surface area contributed by atoms with Crippen molar-refractivity contribution in [2.24, 2.45) is 0 Å². The van der Waals surface area contributed by atoms with E-state index >= 15 is 0 Å². The number of H-pyrrole nitrogens is 1. The van der Waals surface area contributed by atoms with Crippen molar-refractivity contribution >= 4 is 46.1 Å². The molecule has 2 aromatic carbocycles. The molecule has 2 aromatic heterocycles. The average molecular weight is 444 g/mol. The first-order valence-corrected chi connectivity index (χ1v) is 10.2. The summed E-state index contributed by atoms with van der Waals surface area (Å²) < 4.78 is 15.0. The Hall–Kier alpha value is -3.17. The zero-order valence-electron chi connectivity index (χ0n) is 15.6. The second kappa shape index (κ2) is 8.29. The highest BCUT2D eigenvalue weighted by Gasteiger charge is 2.18. The maximum Gasteiger partial charge on any atom is 0.278 e. The standard InChI is InChI=1S/C20H15ClFN5O2S/c1-11-2-5-13(6-3-11)27-18-17(19(29)24-10-23-18)26-20(27)30-9-16(28)25-12-4-7-15(22)14(21)8-12/h2-8,10H,9H2,1H3,(H,25,28)(H,23,24,29). The van der Waals surface area contributed by atoms with Gasteiger partial charge in [0, 0.05) is 11.4 Å². The topological polar surface area (TPSA) is 92.7 Å². The first-order chi connectivity index (χ1) is 14.4. The van der Waals surface area contributed by atoms with E-state index < -0.39 is 5.82 Å². The third-order valence-corrected chi connectivity index (χ3v) is 5.48. The first-order valence-electron chi connectivity index (χ1n) is 8.83. The van der Waals surface area contributed by atoms with Gasteiger partial charge in [0.25, 0.3) is 5.56 Å². The Morgan fingerprint density at radius 2 is 2.03 bits per heavy atom. The molecule has 0 unspecified atom stereocenters. The Morgan fingerprint density at radius 1 is 1.27 bits per heavy atom. The van der Waals surface area contributed by atoms with Gasteiger partial charge in [-0.25, -0.2) is 14.4 Å². The molecule has 0 saturated carbocycles. The number of nitrogens with zero attached hydrogens (tertiary/aromatic N) is 3. The number of anilines is 1. The second-order valence-corrected chi connectivity index (χ2v) is 7.78. The highest BCUT2D eigenvalue weighted by molar-refractivity contribution is 7.99. The highest BCUT2D eigenvalue weighted by Crippen LogP contribution is 2.26. The average Bonchev–Trinajstić information content (AvgIpc) is 3.10. The molecule has 10 heteroatoms. The number of aromatic amines is 1. The molecule has 152 valence electrons. The molecule has 4 aromatic rings. The first kappa shape index (κ1) is 20.1. The van der Waals surface area contributed by atoms with Crippen molar-refractivity contribution in [3.05, 3.63) is 75.5 Å². The Bertz CT molecular complexity index is 1300. The van der Waals surface area contributed by atoms with Gasteiger partial charge in [-0.3, -0.25) is 14.2 Å². The molecular weight excluding hydrogens is 429 g/mol. The van der Waals surface area contributed by atoms with Crippen LogP contribution in [0.1, 0.15) is 5.56 Å². The number of fused-ring (bicyclic) bond motifs is 1. The minimum atomic E-state index is -0.562.